The van der Waals surface area contributed by atoms with Crippen molar-refractivity contribution < 1.29 is 14.1 Å². The smallest absolute Gasteiger partial charge is 0.322 e. The monoisotopic (exact) mass is 383 g/mol. The molecule has 0 unspecified atom stereocenters. The summed E-state index contributed by atoms with van der Waals surface area (Å²) in [7, 11) is 0. The Morgan fingerprint density at radius 1 is 0.929 bits per heavy atom. The van der Waals surface area contributed by atoms with Crippen LogP contribution in [0, 0.1) is 5.92 Å². The summed E-state index contributed by atoms with van der Waals surface area (Å²) in [5, 5.41) is 0.173. The van der Waals surface area contributed by atoms with Crippen LogP contribution in [0.5, 0.6) is 0 Å². The van der Waals surface area contributed by atoms with E-state index in [1.807, 2.05) is 49.1 Å². The summed E-state index contributed by atoms with van der Waals surface area (Å²) >= 11 is 0. The molecule has 1 fully saturated rings. The Kier molecular flexibility index (Phi) is 6.29. The maximum atomic E-state index is 14.4. The van der Waals surface area contributed by atoms with Crippen molar-refractivity contribution in [1.82, 2.24) is 4.90 Å². The van der Waals surface area contributed by atoms with E-state index in [4.69, 9.17) is 0 Å². The molecule has 0 N–H and O–H groups in total. The van der Waals surface area contributed by atoms with E-state index in [1.54, 1.807) is 30.3 Å². The van der Waals surface area contributed by atoms with Gasteiger partial charge in [0.2, 0.25) is 5.91 Å². The lowest BCUT2D eigenvalue weighted by molar-refractivity contribution is -0.124. The van der Waals surface area contributed by atoms with Crippen LogP contribution in [0.2, 0.25) is 0 Å². The Labute approximate surface area is 165 Å². The Balaban J connectivity index is 1.63. The number of rotatable bonds is 4. The third-order valence-corrected chi connectivity index (χ3v) is 5.05. The molecular weight excluding hydrogens is 357 g/mol. The van der Waals surface area contributed by atoms with Crippen LogP contribution in [0.1, 0.15) is 26.7 Å². The highest BCUT2D eigenvalue weighted by atomic mass is 19.2. The van der Waals surface area contributed by atoms with Gasteiger partial charge in [0.15, 0.2) is 0 Å². The number of urea groups is 1. The number of benzene rings is 2. The summed E-state index contributed by atoms with van der Waals surface area (Å²) in [6.07, 6.45) is 1.06. The average molecular weight is 383 g/mol. The highest BCUT2D eigenvalue weighted by Gasteiger charge is 2.33. The van der Waals surface area contributed by atoms with Gasteiger partial charge in [0.25, 0.3) is 0 Å². The first-order chi connectivity index (χ1) is 13.5. The molecule has 0 radical (unpaired) electrons. The number of hydrogen-bond donors (Lipinski definition) is 0. The van der Waals surface area contributed by atoms with Gasteiger partial charge in [0.1, 0.15) is 0 Å². The zero-order valence-electron chi connectivity index (χ0n) is 16.3. The van der Waals surface area contributed by atoms with Crippen molar-refractivity contribution in [2.24, 2.45) is 5.92 Å². The van der Waals surface area contributed by atoms with E-state index >= 15 is 0 Å². The molecule has 2 aromatic carbocycles. The van der Waals surface area contributed by atoms with Crippen LogP contribution in [0.3, 0.4) is 0 Å². The number of amides is 3. The number of likely N-dealkylation sites (tertiary alicyclic amines) is 1. The van der Waals surface area contributed by atoms with Gasteiger partial charge in [-0.25, -0.2) is 4.79 Å². The van der Waals surface area contributed by atoms with Crippen molar-refractivity contribution in [2.75, 3.05) is 23.1 Å². The number of anilines is 2. The van der Waals surface area contributed by atoms with Gasteiger partial charge in [0.05, 0.1) is 5.69 Å². The zero-order chi connectivity index (χ0) is 20.1. The number of para-hydroxylation sites is 2. The molecule has 1 saturated heterocycles. The van der Waals surface area contributed by atoms with Crippen molar-refractivity contribution in [3.05, 3.63) is 60.7 Å². The predicted octanol–water partition coefficient (Wildman–Crippen LogP) is 4.65. The van der Waals surface area contributed by atoms with Crippen LogP contribution >= 0.6 is 0 Å². The fourth-order valence-corrected chi connectivity index (χ4v) is 3.58. The number of hydrogen-bond acceptors (Lipinski definition) is 2. The average Bonchev–Trinajstić information content (AvgIpc) is 2.74. The topological polar surface area (TPSA) is 43.9 Å². The molecule has 3 amide bonds. The van der Waals surface area contributed by atoms with E-state index in [0.717, 1.165) is 5.69 Å². The molecule has 0 saturated carbocycles. The van der Waals surface area contributed by atoms with Gasteiger partial charge in [-0.2, -0.15) is 0 Å². The number of piperidine rings is 1. The molecule has 0 aromatic heterocycles. The lowest BCUT2D eigenvalue weighted by Gasteiger charge is -2.36. The first-order valence-corrected chi connectivity index (χ1v) is 9.67. The van der Waals surface area contributed by atoms with Crippen LogP contribution in [0.25, 0.3) is 0 Å². The maximum Gasteiger partial charge on any atom is 0.352 e. The largest absolute Gasteiger partial charge is 0.352 e. The number of halogens is 1. The summed E-state index contributed by atoms with van der Waals surface area (Å²) in [6, 6.07) is 17.2. The minimum Gasteiger partial charge on any atom is -0.322 e. The van der Waals surface area contributed by atoms with Crippen molar-refractivity contribution in [3.63, 3.8) is 0 Å². The molecule has 28 heavy (non-hydrogen) atoms. The Hall–Kier alpha value is -2.89. The number of carbonyl (C=O) groups is 2. The van der Waals surface area contributed by atoms with E-state index in [1.165, 1.54) is 4.90 Å². The van der Waals surface area contributed by atoms with Gasteiger partial charge < -0.3 is 9.80 Å². The summed E-state index contributed by atoms with van der Waals surface area (Å²) in [5.74, 6) is -0.107. The van der Waals surface area contributed by atoms with Crippen molar-refractivity contribution in [3.8, 4) is 0 Å². The lowest BCUT2D eigenvalue weighted by Crippen LogP contribution is -2.48. The lowest BCUT2D eigenvalue weighted by atomic mass is 9.94. The molecule has 3 rings (SSSR count). The molecule has 0 aliphatic carbocycles. The van der Waals surface area contributed by atoms with Gasteiger partial charge in [0, 0.05) is 30.7 Å². The molecule has 148 valence electrons. The van der Waals surface area contributed by atoms with Gasteiger partial charge in [-0.05, 0) is 51.0 Å². The second-order valence-corrected chi connectivity index (χ2v) is 7.30. The normalized spacial score (nSPS) is 14.8. The third-order valence-electron chi connectivity index (χ3n) is 5.05. The van der Waals surface area contributed by atoms with Crippen LogP contribution < -0.4 is 10.0 Å². The summed E-state index contributed by atoms with van der Waals surface area (Å²) in [5.41, 5.74) is 1.08. The van der Waals surface area contributed by atoms with Gasteiger partial charge >= 0.3 is 6.03 Å². The fraction of sp³-hybridized carbons (Fsp3) is 0.364. The Morgan fingerprint density at radius 2 is 1.43 bits per heavy atom. The molecule has 1 aliphatic heterocycles. The SMILES string of the molecule is CC(C)N(C(=O)C1CCN(C(=O)N(F)c2ccccc2)CC1)c1ccccc1. The molecule has 5 nitrogen and oxygen atoms in total. The molecule has 1 aliphatic rings. The maximum absolute atomic E-state index is 14.4. The fourth-order valence-electron chi connectivity index (χ4n) is 3.58. The van der Waals surface area contributed by atoms with Crippen LogP contribution in [-0.4, -0.2) is 36.0 Å². The number of carbonyl (C=O) groups excluding carboxylic acids is 2. The third kappa shape index (κ3) is 4.32. The first kappa shape index (κ1) is 19.9. The van der Waals surface area contributed by atoms with Gasteiger partial charge in [-0.3, -0.25) is 4.79 Å². The van der Waals surface area contributed by atoms with Crippen molar-refractivity contribution in [1.29, 1.82) is 0 Å². The van der Waals surface area contributed by atoms with E-state index in [2.05, 4.69) is 0 Å². The molecular formula is C22H26FN3O2. The first-order valence-electron chi connectivity index (χ1n) is 9.67. The predicted molar refractivity (Wildman–Crippen MR) is 109 cm³/mol. The molecule has 0 bridgehead atoms. The molecule has 0 atom stereocenters. The Bertz CT molecular complexity index is 790. The molecule has 1 heterocycles. The van der Waals surface area contributed by atoms with E-state index in [0.29, 0.717) is 25.9 Å². The van der Waals surface area contributed by atoms with E-state index in [9.17, 15) is 14.1 Å². The highest BCUT2D eigenvalue weighted by Crippen LogP contribution is 2.26. The summed E-state index contributed by atoms with van der Waals surface area (Å²) in [6.45, 7) is 4.71. The quantitative estimate of drug-likeness (QED) is 0.721. The van der Waals surface area contributed by atoms with E-state index in [-0.39, 0.29) is 28.7 Å². The minimum atomic E-state index is -0.680. The van der Waals surface area contributed by atoms with Gasteiger partial charge in [-0.15, -0.1) is 5.12 Å². The van der Waals surface area contributed by atoms with Crippen LogP contribution in [0.4, 0.5) is 20.7 Å². The van der Waals surface area contributed by atoms with Crippen molar-refractivity contribution in [2.45, 2.75) is 32.7 Å². The minimum absolute atomic E-state index is 0.0361. The standard InChI is InChI=1S/C22H26FN3O2/c1-17(2)25(19-9-5-3-6-10-19)21(27)18-13-15-24(16-14-18)22(28)26(23)20-11-7-4-8-12-20/h3-12,17-18H,13-16H2,1-2H3. The van der Waals surface area contributed by atoms with Gasteiger partial charge in [-0.1, -0.05) is 40.9 Å². The zero-order valence-corrected chi connectivity index (χ0v) is 16.3. The second kappa shape index (κ2) is 8.87. The molecule has 2 aromatic rings. The van der Waals surface area contributed by atoms with Crippen LogP contribution in [0.15, 0.2) is 60.7 Å². The number of nitrogens with zero attached hydrogens (tertiary/aromatic N) is 3. The Morgan fingerprint density at radius 3 is 1.93 bits per heavy atom. The van der Waals surface area contributed by atoms with Crippen molar-refractivity contribution >= 4 is 23.3 Å². The van der Waals surface area contributed by atoms with Crippen LogP contribution in [-0.2, 0) is 4.79 Å². The molecule has 6 heteroatoms. The molecule has 0 spiro atoms. The summed E-state index contributed by atoms with van der Waals surface area (Å²) in [4.78, 5) is 28.8. The second-order valence-electron chi connectivity index (χ2n) is 7.30. The highest BCUT2D eigenvalue weighted by molar-refractivity contribution is 5.96. The van der Waals surface area contributed by atoms with E-state index < -0.39 is 6.03 Å². The summed E-state index contributed by atoms with van der Waals surface area (Å²) < 4.78 is 14.4.